The van der Waals surface area contributed by atoms with Gasteiger partial charge in [0.2, 0.25) is 0 Å². The van der Waals surface area contributed by atoms with Crippen LogP contribution in [-0.2, 0) is 13.0 Å². The van der Waals surface area contributed by atoms with Gasteiger partial charge < -0.3 is 5.32 Å². The van der Waals surface area contributed by atoms with E-state index in [4.69, 9.17) is 0 Å². The SMILES string of the molecule is CCCc1ncncc1C(=O)N[C@H]1CCCN(Cc2cccnc2)C1. The quantitative estimate of drug-likeness (QED) is 0.874. The molecule has 0 radical (unpaired) electrons. The van der Waals surface area contributed by atoms with E-state index >= 15 is 0 Å². The number of nitrogens with zero attached hydrogens (tertiary/aromatic N) is 4. The molecule has 0 bridgehead atoms. The van der Waals surface area contributed by atoms with Crippen LogP contribution < -0.4 is 5.32 Å². The first-order chi connectivity index (χ1) is 12.3. The second kappa shape index (κ2) is 8.67. The lowest BCUT2D eigenvalue weighted by Crippen LogP contribution is -2.47. The van der Waals surface area contributed by atoms with Crippen LogP contribution in [0, 0.1) is 0 Å². The summed E-state index contributed by atoms with van der Waals surface area (Å²) in [6.07, 6.45) is 10.7. The van der Waals surface area contributed by atoms with Crippen molar-refractivity contribution >= 4 is 5.91 Å². The second-order valence-electron chi connectivity index (χ2n) is 6.54. The van der Waals surface area contributed by atoms with Crippen LogP contribution in [0.15, 0.2) is 37.1 Å². The van der Waals surface area contributed by atoms with E-state index in [0.717, 1.165) is 51.0 Å². The third-order valence-electron chi connectivity index (χ3n) is 4.50. The molecule has 2 aromatic heterocycles. The Bertz CT molecular complexity index is 691. The van der Waals surface area contributed by atoms with Gasteiger partial charge in [-0.3, -0.25) is 14.7 Å². The van der Waals surface area contributed by atoms with E-state index in [1.54, 1.807) is 12.4 Å². The molecule has 1 aliphatic rings. The first-order valence-electron chi connectivity index (χ1n) is 8.97. The second-order valence-corrected chi connectivity index (χ2v) is 6.54. The maximum Gasteiger partial charge on any atom is 0.254 e. The number of pyridine rings is 1. The van der Waals surface area contributed by atoms with Gasteiger partial charge in [0.1, 0.15) is 6.33 Å². The van der Waals surface area contributed by atoms with Crippen molar-refractivity contribution in [2.45, 2.75) is 45.2 Å². The zero-order valence-corrected chi connectivity index (χ0v) is 14.7. The summed E-state index contributed by atoms with van der Waals surface area (Å²) in [5.74, 6) is -0.0581. The van der Waals surface area contributed by atoms with Gasteiger partial charge in [0.25, 0.3) is 5.91 Å². The van der Waals surface area contributed by atoms with Gasteiger partial charge in [-0.15, -0.1) is 0 Å². The smallest absolute Gasteiger partial charge is 0.254 e. The Kier molecular flexibility index (Phi) is 6.06. The Morgan fingerprint density at radius 1 is 1.36 bits per heavy atom. The molecule has 1 fully saturated rings. The molecule has 3 rings (SSSR count). The van der Waals surface area contributed by atoms with E-state index in [1.807, 2.05) is 12.3 Å². The van der Waals surface area contributed by atoms with Crippen LogP contribution >= 0.6 is 0 Å². The van der Waals surface area contributed by atoms with Gasteiger partial charge in [-0.25, -0.2) is 9.97 Å². The lowest BCUT2D eigenvalue weighted by molar-refractivity contribution is 0.0899. The molecule has 0 aromatic carbocycles. The summed E-state index contributed by atoms with van der Waals surface area (Å²) in [6, 6.07) is 4.21. The molecule has 1 N–H and O–H groups in total. The molecule has 1 saturated heterocycles. The predicted molar refractivity (Wildman–Crippen MR) is 96.0 cm³/mol. The Balaban J connectivity index is 1.60. The molecular weight excluding hydrogens is 314 g/mol. The van der Waals surface area contributed by atoms with Crippen LogP contribution in [0.5, 0.6) is 0 Å². The number of hydrogen-bond donors (Lipinski definition) is 1. The van der Waals surface area contributed by atoms with Crippen LogP contribution in [0.4, 0.5) is 0 Å². The number of nitrogens with one attached hydrogen (secondary N) is 1. The summed E-state index contributed by atoms with van der Waals surface area (Å²) >= 11 is 0. The van der Waals surface area contributed by atoms with Crippen LogP contribution in [0.25, 0.3) is 0 Å². The fraction of sp³-hybridized carbons (Fsp3) is 0.474. The van der Waals surface area contributed by atoms with Crippen molar-refractivity contribution in [3.63, 3.8) is 0 Å². The number of aromatic nitrogens is 3. The Labute approximate surface area is 148 Å². The highest BCUT2D eigenvalue weighted by atomic mass is 16.1. The first-order valence-corrected chi connectivity index (χ1v) is 8.97. The zero-order valence-electron chi connectivity index (χ0n) is 14.7. The Morgan fingerprint density at radius 2 is 2.28 bits per heavy atom. The van der Waals surface area contributed by atoms with E-state index in [9.17, 15) is 4.79 Å². The number of likely N-dealkylation sites (tertiary alicyclic amines) is 1. The van der Waals surface area contributed by atoms with Crippen molar-refractivity contribution in [1.82, 2.24) is 25.2 Å². The number of carbonyl (C=O) groups is 1. The van der Waals surface area contributed by atoms with Crippen LogP contribution in [0.1, 0.15) is 47.8 Å². The molecule has 0 saturated carbocycles. The van der Waals surface area contributed by atoms with Crippen LogP contribution in [0.2, 0.25) is 0 Å². The van der Waals surface area contributed by atoms with Gasteiger partial charge in [0.15, 0.2) is 0 Å². The monoisotopic (exact) mass is 339 g/mol. The van der Waals surface area contributed by atoms with Gasteiger partial charge in [-0.05, 0) is 37.4 Å². The summed E-state index contributed by atoms with van der Waals surface area (Å²) in [7, 11) is 0. The van der Waals surface area contributed by atoms with Gasteiger partial charge in [-0.1, -0.05) is 19.4 Å². The van der Waals surface area contributed by atoms with Crippen molar-refractivity contribution in [2.24, 2.45) is 0 Å². The fourth-order valence-corrected chi connectivity index (χ4v) is 3.31. The molecule has 132 valence electrons. The Morgan fingerprint density at radius 3 is 3.08 bits per heavy atom. The van der Waals surface area contributed by atoms with Crippen molar-refractivity contribution in [2.75, 3.05) is 13.1 Å². The molecule has 0 spiro atoms. The topological polar surface area (TPSA) is 71.0 Å². The number of amides is 1. The molecule has 0 unspecified atom stereocenters. The molecule has 3 heterocycles. The summed E-state index contributed by atoms with van der Waals surface area (Å²) < 4.78 is 0. The number of carbonyl (C=O) groups excluding carboxylic acids is 1. The average Bonchev–Trinajstić information content (AvgIpc) is 2.63. The minimum absolute atomic E-state index is 0.0581. The molecule has 2 aromatic rings. The highest BCUT2D eigenvalue weighted by Crippen LogP contribution is 2.14. The minimum atomic E-state index is -0.0581. The highest BCUT2D eigenvalue weighted by Gasteiger charge is 2.23. The molecule has 25 heavy (non-hydrogen) atoms. The van der Waals surface area contributed by atoms with Gasteiger partial charge >= 0.3 is 0 Å². The van der Waals surface area contributed by atoms with Crippen molar-refractivity contribution in [3.8, 4) is 0 Å². The van der Waals surface area contributed by atoms with Gasteiger partial charge in [0, 0.05) is 37.7 Å². The molecule has 1 aliphatic heterocycles. The minimum Gasteiger partial charge on any atom is -0.348 e. The number of rotatable bonds is 6. The molecule has 1 atom stereocenters. The van der Waals surface area contributed by atoms with E-state index in [-0.39, 0.29) is 11.9 Å². The first kappa shape index (κ1) is 17.5. The van der Waals surface area contributed by atoms with E-state index in [0.29, 0.717) is 5.56 Å². The molecule has 0 aliphatic carbocycles. The number of hydrogen-bond acceptors (Lipinski definition) is 5. The standard InChI is InChI=1S/C19H25N5O/c1-2-5-18-17(11-21-14-22-18)19(25)23-16-7-4-9-24(13-16)12-15-6-3-8-20-10-15/h3,6,8,10-11,14,16H,2,4-5,7,9,12-13H2,1H3,(H,23,25)/t16-/m0/s1. The largest absolute Gasteiger partial charge is 0.348 e. The molecule has 1 amide bonds. The maximum absolute atomic E-state index is 12.7. The zero-order chi connectivity index (χ0) is 17.5. The molecule has 6 nitrogen and oxygen atoms in total. The molecular formula is C19H25N5O. The van der Waals surface area contributed by atoms with Crippen molar-refractivity contribution in [3.05, 3.63) is 53.9 Å². The van der Waals surface area contributed by atoms with Gasteiger partial charge in [0.05, 0.1) is 11.3 Å². The van der Waals surface area contributed by atoms with Gasteiger partial charge in [-0.2, -0.15) is 0 Å². The lowest BCUT2D eigenvalue weighted by atomic mass is 10.0. The number of aryl methyl sites for hydroxylation is 1. The van der Waals surface area contributed by atoms with Crippen molar-refractivity contribution in [1.29, 1.82) is 0 Å². The molecule has 6 heteroatoms. The van der Waals surface area contributed by atoms with Crippen LogP contribution in [-0.4, -0.2) is 44.9 Å². The van der Waals surface area contributed by atoms with Crippen LogP contribution in [0.3, 0.4) is 0 Å². The normalized spacial score (nSPS) is 18.0. The summed E-state index contributed by atoms with van der Waals surface area (Å²) in [5, 5.41) is 3.17. The third kappa shape index (κ3) is 4.82. The Hall–Kier alpha value is -2.34. The number of piperidine rings is 1. The van der Waals surface area contributed by atoms with Crippen molar-refractivity contribution < 1.29 is 4.79 Å². The summed E-state index contributed by atoms with van der Waals surface area (Å²) in [4.78, 5) is 27.5. The lowest BCUT2D eigenvalue weighted by Gasteiger charge is -2.33. The summed E-state index contributed by atoms with van der Waals surface area (Å²) in [5.41, 5.74) is 2.64. The average molecular weight is 339 g/mol. The fourth-order valence-electron chi connectivity index (χ4n) is 3.31. The predicted octanol–water partition coefficient (Wildman–Crippen LogP) is 2.22. The van der Waals surface area contributed by atoms with E-state index in [2.05, 4.69) is 38.2 Å². The van der Waals surface area contributed by atoms with E-state index in [1.165, 1.54) is 11.9 Å². The summed E-state index contributed by atoms with van der Waals surface area (Å²) in [6.45, 7) is 4.87. The third-order valence-corrected chi connectivity index (χ3v) is 4.50. The van der Waals surface area contributed by atoms with E-state index < -0.39 is 0 Å². The maximum atomic E-state index is 12.7. The highest BCUT2D eigenvalue weighted by molar-refractivity contribution is 5.95.